The molecule has 0 aliphatic carbocycles. The second kappa shape index (κ2) is 16.5. The summed E-state index contributed by atoms with van der Waals surface area (Å²) in [5.41, 5.74) is 3.13. The fourth-order valence-corrected chi connectivity index (χ4v) is 4.35. The summed E-state index contributed by atoms with van der Waals surface area (Å²) in [4.78, 5) is 26.2. The van der Waals surface area contributed by atoms with Crippen LogP contribution in [-0.2, 0) is 17.7 Å². The highest BCUT2D eigenvalue weighted by molar-refractivity contribution is 5.99. The van der Waals surface area contributed by atoms with Crippen LogP contribution in [-0.4, -0.2) is 48.4 Å². The number of phenolic OH excluding ortho intramolecular Hbond substituents is 1. The quantitative estimate of drug-likeness (QED) is 0.123. The van der Waals surface area contributed by atoms with Crippen LogP contribution in [0.25, 0.3) is 0 Å². The van der Waals surface area contributed by atoms with Gasteiger partial charge in [0, 0.05) is 25.3 Å². The lowest BCUT2D eigenvalue weighted by Crippen LogP contribution is -2.30. The molecule has 0 unspecified atom stereocenters. The van der Waals surface area contributed by atoms with E-state index in [4.69, 9.17) is 4.74 Å². The van der Waals surface area contributed by atoms with Gasteiger partial charge in [-0.25, -0.2) is 0 Å². The molecule has 0 aliphatic rings. The van der Waals surface area contributed by atoms with E-state index in [0.29, 0.717) is 18.4 Å². The molecule has 1 N–H and O–H groups in total. The molecule has 5 nitrogen and oxygen atoms in total. The molecule has 37 heavy (non-hydrogen) atoms. The van der Waals surface area contributed by atoms with Crippen molar-refractivity contribution in [3.63, 3.8) is 0 Å². The zero-order chi connectivity index (χ0) is 26.1. The van der Waals surface area contributed by atoms with Crippen molar-refractivity contribution < 1.29 is 19.4 Å². The minimum absolute atomic E-state index is 0.0558. The van der Waals surface area contributed by atoms with Crippen LogP contribution in [0.3, 0.4) is 0 Å². The Morgan fingerprint density at radius 1 is 0.784 bits per heavy atom. The monoisotopic (exact) mass is 501 g/mol. The van der Waals surface area contributed by atoms with Crippen LogP contribution < -0.4 is 0 Å². The molecule has 3 rings (SSSR count). The van der Waals surface area contributed by atoms with Crippen LogP contribution in [0.1, 0.15) is 70.4 Å². The number of aromatic hydroxyl groups is 1. The number of Topliss-reactive ketones (excluding diaryl/α,β-unsaturated/α-hetero) is 1. The molecule has 0 heterocycles. The molecule has 196 valence electrons. The second-order valence-electron chi connectivity index (χ2n) is 9.48. The molecule has 0 saturated carbocycles. The number of hydrogen-bond donors (Lipinski definition) is 1. The minimum Gasteiger partial charge on any atom is -0.507 e. The first-order valence-electron chi connectivity index (χ1n) is 13.3. The van der Waals surface area contributed by atoms with Crippen molar-refractivity contribution in [1.82, 2.24) is 4.90 Å². The number of hydrogen-bond acceptors (Lipinski definition) is 5. The fourth-order valence-electron chi connectivity index (χ4n) is 4.35. The van der Waals surface area contributed by atoms with Gasteiger partial charge in [-0.2, -0.15) is 0 Å². The van der Waals surface area contributed by atoms with Crippen LogP contribution in [0.4, 0.5) is 0 Å². The highest BCUT2D eigenvalue weighted by atomic mass is 16.5. The van der Waals surface area contributed by atoms with Gasteiger partial charge in [0.2, 0.25) is 0 Å². The number of aldehydes is 1. The number of ketones is 1. The van der Waals surface area contributed by atoms with Crippen LogP contribution >= 0.6 is 0 Å². The van der Waals surface area contributed by atoms with Gasteiger partial charge in [0.1, 0.15) is 5.75 Å². The molecule has 0 aliphatic heterocycles. The van der Waals surface area contributed by atoms with Crippen molar-refractivity contribution in [2.24, 2.45) is 0 Å². The summed E-state index contributed by atoms with van der Waals surface area (Å²) in [6, 6.07) is 25.2. The van der Waals surface area contributed by atoms with Gasteiger partial charge in [-0.05, 0) is 68.0 Å². The summed E-state index contributed by atoms with van der Waals surface area (Å²) >= 11 is 0. The van der Waals surface area contributed by atoms with Crippen LogP contribution in [0, 0.1) is 0 Å². The van der Waals surface area contributed by atoms with Gasteiger partial charge in [-0.1, -0.05) is 73.5 Å². The molecule has 0 spiro atoms. The third kappa shape index (κ3) is 10.7. The Morgan fingerprint density at radius 3 is 2.14 bits per heavy atom. The molecule has 0 bridgehead atoms. The summed E-state index contributed by atoms with van der Waals surface area (Å²) in [6.07, 6.45) is 8.18. The van der Waals surface area contributed by atoms with Gasteiger partial charge in [-0.3, -0.25) is 14.5 Å². The highest BCUT2D eigenvalue weighted by Gasteiger charge is 2.15. The maximum absolute atomic E-state index is 12.9. The average Bonchev–Trinajstić information content (AvgIpc) is 2.93. The lowest BCUT2D eigenvalue weighted by molar-refractivity contribution is 0.0923. The zero-order valence-electron chi connectivity index (χ0n) is 21.7. The number of phenols is 1. The summed E-state index contributed by atoms with van der Waals surface area (Å²) in [7, 11) is 0. The first-order chi connectivity index (χ1) is 18.2. The van der Waals surface area contributed by atoms with Crippen molar-refractivity contribution >= 4 is 12.1 Å². The number of rotatable bonds is 18. The molecule has 5 heteroatoms. The summed E-state index contributed by atoms with van der Waals surface area (Å²) < 4.78 is 5.81. The molecule has 0 amide bonds. The topological polar surface area (TPSA) is 66.8 Å². The number of benzene rings is 3. The van der Waals surface area contributed by atoms with Crippen LogP contribution in [0.2, 0.25) is 0 Å². The smallest absolute Gasteiger partial charge is 0.176 e. The molecule has 3 aromatic rings. The van der Waals surface area contributed by atoms with E-state index in [-0.39, 0.29) is 23.6 Å². The molecule has 0 saturated heterocycles. The summed E-state index contributed by atoms with van der Waals surface area (Å²) in [5, 5.41) is 9.73. The molecular weight excluding hydrogens is 462 g/mol. The van der Waals surface area contributed by atoms with Gasteiger partial charge in [0.15, 0.2) is 12.1 Å². The van der Waals surface area contributed by atoms with Crippen molar-refractivity contribution in [3.05, 3.63) is 101 Å². The Kier molecular flexibility index (Phi) is 12.6. The molecule has 0 aromatic heterocycles. The Balaban J connectivity index is 1.34. The maximum Gasteiger partial charge on any atom is 0.176 e. The van der Waals surface area contributed by atoms with E-state index in [1.54, 1.807) is 6.07 Å². The Hall–Kier alpha value is -3.28. The minimum atomic E-state index is -0.108. The normalized spacial score (nSPS) is 11.1. The van der Waals surface area contributed by atoms with E-state index in [1.807, 2.05) is 18.2 Å². The van der Waals surface area contributed by atoms with Crippen LogP contribution in [0.15, 0.2) is 78.9 Å². The molecule has 3 aromatic carbocycles. The van der Waals surface area contributed by atoms with Gasteiger partial charge < -0.3 is 9.84 Å². The van der Waals surface area contributed by atoms with E-state index < -0.39 is 0 Å². The lowest BCUT2D eigenvalue weighted by atomic mass is 10.1. The Bertz CT molecular complexity index is 1070. The van der Waals surface area contributed by atoms with E-state index in [2.05, 4.69) is 47.4 Å². The first kappa shape index (κ1) is 28.3. The second-order valence-corrected chi connectivity index (χ2v) is 9.48. The average molecular weight is 502 g/mol. The van der Waals surface area contributed by atoms with E-state index in [0.717, 1.165) is 70.3 Å². The number of ether oxygens (including phenoxy) is 1. The van der Waals surface area contributed by atoms with E-state index in [9.17, 15) is 14.7 Å². The van der Waals surface area contributed by atoms with Crippen molar-refractivity contribution in [2.75, 3.05) is 26.3 Å². The third-order valence-corrected chi connectivity index (χ3v) is 6.45. The number of aryl methyl sites for hydroxylation is 1. The van der Waals surface area contributed by atoms with Gasteiger partial charge in [0.05, 0.1) is 12.1 Å². The Labute approximate surface area is 221 Å². The standard InChI is InChI=1S/C32H39NO4/c34-26-30-23-29(18-19-31(30)35)32(36)25-33(24-28-16-7-4-8-17-28)20-10-1-2-11-21-37-22-12-9-15-27-13-5-3-6-14-27/h3-8,13-14,16-19,23,26,35H,1-2,9-12,15,20-22,24-25H2. The SMILES string of the molecule is O=Cc1cc(C(=O)CN(CCCCCCOCCCCc2ccccc2)Cc2ccccc2)ccc1O. The predicted molar refractivity (Wildman–Crippen MR) is 148 cm³/mol. The van der Waals surface area contributed by atoms with Gasteiger partial charge in [0.25, 0.3) is 0 Å². The predicted octanol–water partition coefficient (Wildman–Crippen LogP) is 6.49. The van der Waals surface area contributed by atoms with Gasteiger partial charge in [-0.15, -0.1) is 0 Å². The lowest BCUT2D eigenvalue weighted by Gasteiger charge is -2.22. The Morgan fingerprint density at radius 2 is 1.43 bits per heavy atom. The largest absolute Gasteiger partial charge is 0.507 e. The molecule has 0 radical (unpaired) electrons. The van der Waals surface area contributed by atoms with Crippen LogP contribution in [0.5, 0.6) is 5.75 Å². The first-order valence-corrected chi connectivity index (χ1v) is 13.3. The number of carbonyl (C=O) groups is 2. The number of carbonyl (C=O) groups excluding carboxylic acids is 2. The third-order valence-electron chi connectivity index (χ3n) is 6.45. The summed E-state index contributed by atoms with van der Waals surface area (Å²) in [6.45, 7) is 3.40. The molecule has 0 atom stereocenters. The van der Waals surface area contributed by atoms with E-state index >= 15 is 0 Å². The summed E-state index contributed by atoms with van der Waals surface area (Å²) in [5.74, 6) is -0.163. The highest BCUT2D eigenvalue weighted by Crippen LogP contribution is 2.18. The fraction of sp³-hybridized carbons (Fsp3) is 0.375. The zero-order valence-corrected chi connectivity index (χ0v) is 21.7. The van der Waals surface area contributed by atoms with Crippen molar-refractivity contribution in [1.29, 1.82) is 0 Å². The number of nitrogens with zero attached hydrogens (tertiary/aromatic N) is 1. The number of unbranched alkanes of at least 4 members (excludes halogenated alkanes) is 4. The molecule has 0 fully saturated rings. The maximum atomic E-state index is 12.9. The molecular formula is C32H39NO4. The van der Waals surface area contributed by atoms with Gasteiger partial charge >= 0.3 is 0 Å². The van der Waals surface area contributed by atoms with E-state index in [1.165, 1.54) is 17.7 Å². The van der Waals surface area contributed by atoms with Crippen molar-refractivity contribution in [2.45, 2.75) is 51.5 Å². The van der Waals surface area contributed by atoms with Crippen molar-refractivity contribution in [3.8, 4) is 5.75 Å².